The lowest BCUT2D eigenvalue weighted by atomic mass is 9.89. The molecule has 1 saturated heterocycles. The summed E-state index contributed by atoms with van der Waals surface area (Å²) in [6.45, 7) is 3.74. The van der Waals surface area contributed by atoms with Crippen molar-refractivity contribution in [1.29, 1.82) is 0 Å². The Bertz CT molecular complexity index is 269. The van der Waals surface area contributed by atoms with Crippen LogP contribution in [0.3, 0.4) is 0 Å². The molecule has 0 amide bonds. The first-order valence-corrected chi connectivity index (χ1v) is 7.47. The maximum absolute atomic E-state index is 11.6. The molecule has 78 valence electrons. The van der Waals surface area contributed by atoms with E-state index in [1.54, 1.807) is 0 Å². The fourth-order valence-electron chi connectivity index (χ4n) is 1.98. The second-order valence-electron chi connectivity index (χ2n) is 4.24. The quantitative estimate of drug-likeness (QED) is 0.737. The van der Waals surface area contributed by atoms with E-state index in [1.165, 1.54) is 0 Å². The molecule has 1 atom stereocenters. The molecule has 1 unspecified atom stereocenters. The van der Waals surface area contributed by atoms with Gasteiger partial charge in [-0.15, -0.1) is 0 Å². The smallest absolute Gasteiger partial charge is 0.155 e. The maximum Gasteiger partial charge on any atom is 0.155 e. The van der Waals surface area contributed by atoms with Crippen molar-refractivity contribution < 1.29 is 8.42 Å². The third-order valence-electron chi connectivity index (χ3n) is 3.21. The molecular formula is C9H17BrO2S. The molecule has 0 radical (unpaired) electrons. The van der Waals surface area contributed by atoms with E-state index in [1.807, 2.05) is 13.8 Å². The fourth-order valence-corrected chi connectivity index (χ4v) is 4.17. The van der Waals surface area contributed by atoms with Crippen LogP contribution in [0.1, 0.15) is 33.1 Å². The molecule has 13 heavy (non-hydrogen) atoms. The Morgan fingerprint density at radius 2 is 2.08 bits per heavy atom. The highest BCUT2D eigenvalue weighted by molar-refractivity contribution is 9.09. The molecule has 0 aromatic rings. The molecule has 1 fully saturated rings. The van der Waals surface area contributed by atoms with E-state index < -0.39 is 14.6 Å². The highest BCUT2D eigenvalue weighted by Crippen LogP contribution is 2.39. The first-order chi connectivity index (χ1) is 5.92. The Morgan fingerprint density at radius 3 is 2.46 bits per heavy atom. The molecule has 2 nitrogen and oxygen atoms in total. The summed E-state index contributed by atoms with van der Waals surface area (Å²) in [5.41, 5.74) is 0. The van der Waals surface area contributed by atoms with E-state index in [0.29, 0.717) is 11.7 Å². The fraction of sp³-hybridized carbons (Fsp3) is 1.00. The second kappa shape index (κ2) is 3.89. The summed E-state index contributed by atoms with van der Waals surface area (Å²) in [5.74, 6) is 0.738. The van der Waals surface area contributed by atoms with Gasteiger partial charge < -0.3 is 0 Å². The first kappa shape index (κ1) is 11.5. The lowest BCUT2D eigenvalue weighted by Crippen LogP contribution is -2.33. The summed E-state index contributed by atoms with van der Waals surface area (Å²) in [4.78, 5) is 0. The Balaban J connectivity index is 2.71. The highest BCUT2D eigenvalue weighted by atomic mass is 79.9. The summed E-state index contributed by atoms with van der Waals surface area (Å²) in [7, 11) is -2.82. The van der Waals surface area contributed by atoms with Crippen LogP contribution in [-0.4, -0.2) is 24.2 Å². The second-order valence-corrected chi connectivity index (χ2v) is 7.72. The van der Waals surface area contributed by atoms with Crippen LogP contribution in [0.4, 0.5) is 0 Å². The minimum atomic E-state index is -2.82. The molecule has 1 aliphatic heterocycles. The summed E-state index contributed by atoms with van der Waals surface area (Å²) in [6, 6.07) is 0. The topological polar surface area (TPSA) is 34.1 Å². The Hall–Kier alpha value is 0.430. The average molecular weight is 269 g/mol. The molecule has 1 heterocycles. The Labute approximate surface area is 89.1 Å². The largest absolute Gasteiger partial charge is 0.228 e. The van der Waals surface area contributed by atoms with Crippen LogP contribution in [0.5, 0.6) is 0 Å². The molecule has 0 N–H and O–H groups in total. The number of sulfone groups is 1. The number of hydrogen-bond acceptors (Lipinski definition) is 2. The van der Waals surface area contributed by atoms with Gasteiger partial charge in [-0.25, -0.2) is 8.42 Å². The molecular weight excluding hydrogens is 252 g/mol. The summed E-state index contributed by atoms with van der Waals surface area (Å²) in [6.07, 6.45) is 2.95. The normalized spacial score (nSPS) is 30.5. The zero-order valence-electron chi connectivity index (χ0n) is 8.22. The van der Waals surface area contributed by atoms with E-state index in [-0.39, 0.29) is 0 Å². The number of halogens is 1. The van der Waals surface area contributed by atoms with E-state index in [0.717, 1.165) is 24.6 Å². The first-order valence-electron chi connectivity index (χ1n) is 4.70. The van der Waals surface area contributed by atoms with E-state index in [4.69, 9.17) is 0 Å². The molecule has 0 saturated carbocycles. The molecule has 0 spiro atoms. The monoisotopic (exact) mass is 268 g/mol. The van der Waals surface area contributed by atoms with Crippen molar-refractivity contribution in [1.82, 2.24) is 0 Å². The Kier molecular flexibility index (Phi) is 3.44. The molecule has 0 bridgehead atoms. The average Bonchev–Trinajstić information content (AvgIpc) is 2.21. The molecule has 0 aliphatic carbocycles. The van der Waals surface area contributed by atoms with Crippen molar-refractivity contribution in [3.8, 4) is 0 Å². The van der Waals surface area contributed by atoms with Crippen LogP contribution in [0.2, 0.25) is 0 Å². The number of alkyl halides is 1. The van der Waals surface area contributed by atoms with Gasteiger partial charge in [0.15, 0.2) is 9.84 Å². The summed E-state index contributed by atoms with van der Waals surface area (Å²) in [5, 5.41) is 0.972. The van der Waals surface area contributed by atoms with Gasteiger partial charge in [0.25, 0.3) is 0 Å². The zero-order valence-corrected chi connectivity index (χ0v) is 10.6. The van der Waals surface area contributed by atoms with Crippen molar-refractivity contribution in [2.75, 3.05) is 11.1 Å². The van der Waals surface area contributed by atoms with Crippen LogP contribution in [0.25, 0.3) is 0 Å². The Morgan fingerprint density at radius 1 is 1.46 bits per heavy atom. The third kappa shape index (κ3) is 2.09. The lowest BCUT2D eigenvalue weighted by Gasteiger charge is -2.25. The van der Waals surface area contributed by atoms with Gasteiger partial charge >= 0.3 is 0 Å². The van der Waals surface area contributed by atoms with Gasteiger partial charge in [0.2, 0.25) is 0 Å². The maximum atomic E-state index is 11.6. The lowest BCUT2D eigenvalue weighted by molar-refractivity contribution is 0.392. The molecule has 4 heteroatoms. The summed E-state index contributed by atoms with van der Waals surface area (Å²) < 4.78 is 22.8. The number of rotatable bonds is 3. The minimum absolute atomic E-state index is 0.357. The van der Waals surface area contributed by atoms with Crippen LogP contribution >= 0.6 is 15.9 Å². The van der Waals surface area contributed by atoms with Gasteiger partial charge in [-0.05, 0) is 39.0 Å². The van der Waals surface area contributed by atoms with Crippen LogP contribution in [-0.2, 0) is 9.84 Å². The minimum Gasteiger partial charge on any atom is -0.228 e. The molecule has 1 aliphatic rings. The van der Waals surface area contributed by atoms with E-state index in [2.05, 4.69) is 15.9 Å². The van der Waals surface area contributed by atoms with Gasteiger partial charge in [0.1, 0.15) is 0 Å². The van der Waals surface area contributed by atoms with Crippen LogP contribution < -0.4 is 0 Å². The van der Waals surface area contributed by atoms with Crippen molar-refractivity contribution in [3.05, 3.63) is 0 Å². The number of hydrogen-bond donors (Lipinski definition) is 0. The molecule has 0 aromatic heterocycles. The predicted molar refractivity (Wildman–Crippen MR) is 59.0 cm³/mol. The summed E-state index contributed by atoms with van der Waals surface area (Å²) >= 11 is 3.37. The van der Waals surface area contributed by atoms with Crippen molar-refractivity contribution in [3.63, 3.8) is 0 Å². The van der Waals surface area contributed by atoms with E-state index >= 15 is 0 Å². The van der Waals surface area contributed by atoms with Crippen molar-refractivity contribution >= 4 is 25.8 Å². The highest BCUT2D eigenvalue weighted by Gasteiger charge is 2.46. The van der Waals surface area contributed by atoms with Gasteiger partial charge in [0, 0.05) is 5.33 Å². The standard InChI is InChI=1S/C9H17BrO2S/c1-9(2)8(4-3-6-10)5-7-13(9,11)12/h8H,3-7H2,1-2H3. The molecule has 0 aromatic carbocycles. The SMILES string of the molecule is CC1(C)C(CCCBr)CCS1(=O)=O. The van der Waals surface area contributed by atoms with Crippen LogP contribution in [0.15, 0.2) is 0 Å². The van der Waals surface area contributed by atoms with Crippen molar-refractivity contribution in [2.24, 2.45) is 5.92 Å². The van der Waals surface area contributed by atoms with Gasteiger partial charge in [0.05, 0.1) is 10.5 Å². The zero-order chi connectivity index (χ0) is 10.1. The van der Waals surface area contributed by atoms with Crippen LogP contribution in [0, 0.1) is 5.92 Å². The van der Waals surface area contributed by atoms with Gasteiger partial charge in [-0.3, -0.25) is 0 Å². The van der Waals surface area contributed by atoms with Crippen molar-refractivity contribution in [2.45, 2.75) is 37.9 Å². The van der Waals surface area contributed by atoms with E-state index in [9.17, 15) is 8.42 Å². The third-order valence-corrected chi connectivity index (χ3v) is 6.48. The molecule has 1 rings (SSSR count). The van der Waals surface area contributed by atoms with Gasteiger partial charge in [-0.2, -0.15) is 0 Å². The predicted octanol–water partition coefficient (Wildman–Crippen LogP) is 2.37. The van der Waals surface area contributed by atoms with Gasteiger partial charge in [-0.1, -0.05) is 15.9 Å².